The number of hydrogen-bond donors (Lipinski definition) is 2. The molecule has 0 aliphatic carbocycles. The maximum Gasteiger partial charge on any atom is 0.230 e. The van der Waals surface area contributed by atoms with Gasteiger partial charge >= 0.3 is 0 Å². The third kappa shape index (κ3) is 1.98. The molecule has 15 heavy (non-hydrogen) atoms. The van der Waals surface area contributed by atoms with Crippen molar-refractivity contribution < 1.29 is 15.0 Å². The molecule has 1 aromatic heterocycles. The van der Waals surface area contributed by atoms with Gasteiger partial charge in [0.05, 0.1) is 31.4 Å². The van der Waals surface area contributed by atoms with Crippen LogP contribution in [0.2, 0.25) is 0 Å². The SMILES string of the molecule is O=C1CC(O)CN1c1cccc(CO)n1. The minimum Gasteiger partial charge on any atom is -0.391 e. The topological polar surface area (TPSA) is 73.7 Å². The van der Waals surface area contributed by atoms with Crippen molar-refractivity contribution in [3.05, 3.63) is 23.9 Å². The fourth-order valence-electron chi connectivity index (χ4n) is 1.62. The van der Waals surface area contributed by atoms with Gasteiger partial charge in [-0.15, -0.1) is 0 Å². The molecule has 1 aromatic rings. The van der Waals surface area contributed by atoms with E-state index in [0.717, 1.165) is 0 Å². The predicted molar refractivity (Wildman–Crippen MR) is 53.1 cm³/mol. The smallest absolute Gasteiger partial charge is 0.230 e. The summed E-state index contributed by atoms with van der Waals surface area (Å²) >= 11 is 0. The van der Waals surface area contributed by atoms with Gasteiger partial charge in [0.1, 0.15) is 5.82 Å². The average Bonchev–Trinajstić information content (AvgIpc) is 2.58. The van der Waals surface area contributed by atoms with Crippen LogP contribution in [0.1, 0.15) is 12.1 Å². The van der Waals surface area contributed by atoms with Crippen LogP contribution in [0, 0.1) is 0 Å². The van der Waals surface area contributed by atoms with E-state index >= 15 is 0 Å². The summed E-state index contributed by atoms with van der Waals surface area (Å²) < 4.78 is 0. The fourth-order valence-corrected chi connectivity index (χ4v) is 1.62. The highest BCUT2D eigenvalue weighted by atomic mass is 16.3. The highest BCUT2D eigenvalue weighted by molar-refractivity contribution is 5.95. The van der Waals surface area contributed by atoms with Gasteiger partial charge in [0.2, 0.25) is 5.91 Å². The highest BCUT2D eigenvalue weighted by Gasteiger charge is 2.29. The molecule has 0 radical (unpaired) electrons. The van der Waals surface area contributed by atoms with Gasteiger partial charge in [-0.1, -0.05) is 6.07 Å². The zero-order chi connectivity index (χ0) is 10.8. The molecule has 0 bridgehead atoms. The highest BCUT2D eigenvalue weighted by Crippen LogP contribution is 2.19. The number of β-amino-alcohol motifs (C(OH)–C–C–N with tert-alkyl or cyclic N) is 1. The lowest BCUT2D eigenvalue weighted by Gasteiger charge is -2.14. The van der Waals surface area contributed by atoms with E-state index in [4.69, 9.17) is 5.11 Å². The van der Waals surface area contributed by atoms with E-state index in [1.54, 1.807) is 18.2 Å². The van der Waals surface area contributed by atoms with Crippen molar-refractivity contribution in [2.45, 2.75) is 19.1 Å². The van der Waals surface area contributed by atoms with Crippen LogP contribution in [0.3, 0.4) is 0 Å². The number of carbonyl (C=O) groups is 1. The van der Waals surface area contributed by atoms with Crippen LogP contribution in [0.25, 0.3) is 0 Å². The fraction of sp³-hybridized carbons (Fsp3) is 0.400. The van der Waals surface area contributed by atoms with Crippen LogP contribution in [0.5, 0.6) is 0 Å². The van der Waals surface area contributed by atoms with Crippen molar-refractivity contribution in [3.8, 4) is 0 Å². The normalized spacial score (nSPS) is 21.1. The molecule has 1 saturated heterocycles. The van der Waals surface area contributed by atoms with E-state index in [-0.39, 0.29) is 25.5 Å². The molecule has 1 unspecified atom stereocenters. The van der Waals surface area contributed by atoms with Gasteiger partial charge in [-0.25, -0.2) is 4.98 Å². The first-order valence-electron chi connectivity index (χ1n) is 4.76. The molecule has 1 aliphatic heterocycles. The molecular weight excluding hydrogens is 196 g/mol. The summed E-state index contributed by atoms with van der Waals surface area (Å²) in [4.78, 5) is 17.0. The van der Waals surface area contributed by atoms with E-state index in [0.29, 0.717) is 11.5 Å². The van der Waals surface area contributed by atoms with Gasteiger partial charge < -0.3 is 10.2 Å². The molecule has 5 nitrogen and oxygen atoms in total. The molecule has 0 saturated carbocycles. The molecule has 0 aromatic carbocycles. The minimum absolute atomic E-state index is 0.134. The second-order valence-corrected chi connectivity index (χ2v) is 3.51. The number of pyridine rings is 1. The van der Waals surface area contributed by atoms with Gasteiger partial charge in [0.25, 0.3) is 0 Å². The Morgan fingerprint density at radius 3 is 2.93 bits per heavy atom. The number of hydrogen-bond acceptors (Lipinski definition) is 4. The summed E-state index contributed by atoms with van der Waals surface area (Å²) in [7, 11) is 0. The zero-order valence-corrected chi connectivity index (χ0v) is 8.13. The molecule has 2 heterocycles. The summed E-state index contributed by atoms with van der Waals surface area (Å²) in [6.45, 7) is 0.124. The van der Waals surface area contributed by atoms with Crippen molar-refractivity contribution in [3.63, 3.8) is 0 Å². The first-order valence-corrected chi connectivity index (χ1v) is 4.76. The number of aliphatic hydroxyl groups is 2. The number of carbonyl (C=O) groups excluding carboxylic acids is 1. The summed E-state index contributed by atoms with van der Waals surface area (Å²) in [5.74, 6) is 0.355. The molecule has 1 amide bonds. The Kier molecular flexibility index (Phi) is 2.66. The van der Waals surface area contributed by atoms with E-state index < -0.39 is 6.10 Å². The van der Waals surface area contributed by atoms with Crippen LogP contribution >= 0.6 is 0 Å². The van der Waals surface area contributed by atoms with Crippen molar-refractivity contribution in [1.29, 1.82) is 0 Å². The maximum absolute atomic E-state index is 11.4. The molecule has 0 spiro atoms. The van der Waals surface area contributed by atoms with Crippen molar-refractivity contribution in [1.82, 2.24) is 4.98 Å². The Morgan fingerprint density at radius 2 is 2.33 bits per heavy atom. The molecule has 5 heteroatoms. The van der Waals surface area contributed by atoms with Gasteiger partial charge in [0, 0.05) is 0 Å². The number of anilines is 1. The Morgan fingerprint density at radius 1 is 1.53 bits per heavy atom. The van der Waals surface area contributed by atoms with E-state index in [1.165, 1.54) is 4.90 Å². The van der Waals surface area contributed by atoms with Gasteiger partial charge in [-0.05, 0) is 12.1 Å². The summed E-state index contributed by atoms with van der Waals surface area (Å²) in [5, 5.41) is 18.2. The minimum atomic E-state index is -0.614. The molecule has 1 fully saturated rings. The number of amides is 1. The van der Waals surface area contributed by atoms with Crippen LogP contribution in [0.4, 0.5) is 5.82 Å². The average molecular weight is 208 g/mol. The van der Waals surface area contributed by atoms with Crippen molar-refractivity contribution >= 4 is 11.7 Å². The third-order valence-corrected chi connectivity index (χ3v) is 2.34. The maximum atomic E-state index is 11.4. The van der Waals surface area contributed by atoms with E-state index in [2.05, 4.69) is 4.98 Å². The lowest BCUT2D eigenvalue weighted by atomic mass is 10.3. The number of aromatic nitrogens is 1. The zero-order valence-electron chi connectivity index (χ0n) is 8.13. The lowest BCUT2D eigenvalue weighted by molar-refractivity contribution is -0.117. The Labute approximate surface area is 87.0 Å². The van der Waals surface area contributed by atoms with Gasteiger partial charge in [-0.3, -0.25) is 9.69 Å². The second kappa shape index (κ2) is 3.96. The largest absolute Gasteiger partial charge is 0.391 e. The molecular formula is C10H12N2O3. The Balaban J connectivity index is 2.25. The second-order valence-electron chi connectivity index (χ2n) is 3.51. The van der Waals surface area contributed by atoms with Gasteiger partial charge in [0.15, 0.2) is 0 Å². The monoisotopic (exact) mass is 208 g/mol. The third-order valence-electron chi connectivity index (χ3n) is 2.34. The number of rotatable bonds is 2. The Bertz CT molecular complexity index is 381. The van der Waals surface area contributed by atoms with E-state index in [1.807, 2.05) is 0 Å². The molecule has 1 atom stereocenters. The molecule has 2 N–H and O–H groups in total. The number of nitrogens with zero attached hydrogens (tertiary/aromatic N) is 2. The first-order chi connectivity index (χ1) is 7.20. The van der Waals surface area contributed by atoms with Crippen molar-refractivity contribution in [2.75, 3.05) is 11.4 Å². The molecule has 2 rings (SSSR count). The number of aliphatic hydroxyl groups excluding tert-OH is 2. The quantitative estimate of drug-likeness (QED) is 0.698. The van der Waals surface area contributed by atoms with Crippen LogP contribution in [-0.2, 0) is 11.4 Å². The first kappa shape index (κ1) is 10.1. The van der Waals surface area contributed by atoms with Crippen molar-refractivity contribution in [2.24, 2.45) is 0 Å². The summed E-state index contributed by atoms with van der Waals surface area (Å²) in [5.41, 5.74) is 0.515. The lowest BCUT2D eigenvalue weighted by Crippen LogP contribution is -2.26. The van der Waals surface area contributed by atoms with Gasteiger partial charge in [-0.2, -0.15) is 0 Å². The standard InChI is InChI=1S/C10H12N2O3/c13-6-7-2-1-3-9(11-7)12-5-8(14)4-10(12)15/h1-3,8,13-14H,4-6H2. The summed E-state index contributed by atoms with van der Waals surface area (Å²) in [6, 6.07) is 5.10. The molecule has 1 aliphatic rings. The van der Waals surface area contributed by atoms with Crippen LogP contribution in [-0.4, -0.2) is 33.8 Å². The molecule has 80 valence electrons. The predicted octanol–water partition coefficient (Wildman–Crippen LogP) is -0.328. The van der Waals surface area contributed by atoms with Crippen LogP contribution in [0.15, 0.2) is 18.2 Å². The van der Waals surface area contributed by atoms with E-state index in [9.17, 15) is 9.90 Å². The Hall–Kier alpha value is -1.46. The summed E-state index contributed by atoms with van der Waals surface area (Å²) in [6.07, 6.45) is -0.470. The van der Waals surface area contributed by atoms with Crippen LogP contribution < -0.4 is 4.90 Å².